The largest absolute Gasteiger partial charge is 0.396 e. The molecule has 0 spiro atoms. The lowest BCUT2D eigenvalue weighted by molar-refractivity contribution is 0.0639. The quantitative estimate of drug-likeness (QED) is 0.832. The molecule has 0 amide bonds. The number of hydrogen-bond acceptors (Lipinski definition) is 5. The van der Waals surface area contributed by atoms with Gasteiger partial charge in [0.15, 0.2) is 0 Å². The van der Waals surface area contributed by atoms with E-state index in [1.807, 2.05) is 24.4 Å². The van der Waals surface area contributed by atoms with Crippen molar-refractivity contribution in [2.24, 2.45) is 5.92 Å². The molecule has 1 N–H and O–H groups in total. The highest BCUT2D eigenvalue weighted by molar-refractivity contribution is 6.31. The van der Waals surface area contributed by atoms with Crippen LogP contribution in [0.15, 0.2) is 30.5 Å². The lowest BCUT2D eigenvalue weighted by atomic mass is 9.86. The van der Waals surface area contributed by atoms with E-state index in [4.69, 9.17) is 11.6 Å². The Kier molecular flexibility index (Phi) is 6.36. The molecular formula is C22H31ClN4O. The summed E-state index contributed by atoms with van der Waals surface area (Å²) in [5, 5.41) is 11.3. The molecule has 152 valence electrons. The Morgan fingerprint density at radius 3 is 2.75 bits per heavy atom. The molecule has 4 rings (SSSR count). The van der Waals surface area contributed by atoms with Gasteiger partial charge in [0.25, 0.3) is 0 Å². The van der Waals surface area contributed by atoms with Crippen LogP contribution in [0.2, 0.25) is 5.02 Å². The van der Waals surface area contributed by atoms with Crippen molar-refractivity contribution in [3.63, 3.8) is 0 Å². The van der Waals surface area contributed by atoms with Crippen LogP contribution in [-0.2, 0) is 0 Å². The predicted molar refractivity (Wildman–Crippen MR) is 116 cm³/mol. The molecular weight excluding hydrogens is 372 g/mol. The number of fused-ring (bicyclic) bond motifs is 1. The zero-order valence-electron chi connectivity index (χ0n) is 16.7. The Bertz CT molecular complexity index is 793. The standard InChI is InChI=1S/C22H31ClN4O/c1-25-10-12-26(13-11-25)21-7-9-27(16-17(21)3-2-14-28)22-6-8-24-20-5-4-18(23)15-19(20)22/h4-6,8,15,17,21,28H,2-3,7,9-14,16H2,1H3/t17-,21+/m1/s1. The number of aromatic nitrogens is 1. The maximum Gasteiger partial charge on any atom is 0.0723 e. The van der Waals surface area contributed by atoms with Gasteiger partial charge in [-0.1, -0.05) is 11.6 Å². The topological polar surface area (TPSA) is 42.8 Å². The molecule has 3 heterocycles. The van der Waals surface area contributed by atoms with Gasteiger partial charge in [-0.2, -0.15) is 0 Å². The number of likely N-dealkylation sites (N-methyl/N-ethyl adjacent to an activating group) is 1. The molecule has 1 aromatic carbocycles. The lowest BCUT2D eigenvalue weighted by Crippen LogP contribution is -2.56. The highest BCUT2D eigenvalue weighted by Gasteiger charge is 2.34. The second-order valence-corrected chi connectivity index (χ2v) is 8.70. The van der Waals surface area contributed by atoms with E-state index in [2.05, 4.69) is 32.8 Å². The molecule has 2 atom stereocenters. The van der Waals surface area contributed by atoms with Crippen LogP contribution in [0.4, 0.5) is 5.69 Å². The zero-order valence-corrected chi connectivity index (χ0v) is 17.5. The molecule has 2 saturated heterocycles. The molecule has 2 fully saturated rings. The van der Waals surface area contributed by atoms with Crippen LogP contribution in [0.25, 0.3) is 10.9 Å². The van der Waals surface area contributed by atoms with Gasteiger partial charge in [0.05, 0.1) is 5.52 Å². The summed E-state index contributed by atoms with van der Waals surface area (Å²) >= 11 is 6.28. The molecule has 2 aliphatic rings. The highest BCUT2D eigenvalue weighted by Crippen LogP contribution is 2.34. The Morgan fingerprint density at radius 2 is 1.96 bits per heavy atom. The Hall–Kier alpha value is -1.40. The molecule has 2 aromatic rings. The van der Waals surface area contributed by atoms with Gasteiger partial charge in [-0.25, -0.2) is 0 Å². The maximum absolute atomic E-state index is 9.43. The molecule has 2 aliphatic heterocycles. The summed E-state index contributed by atoms with van der Waals surface area (Å²) in [7, 11) is 2.21. The fourth-order valence-corrected chi connectivity index (χ4v) is 5.06. The van der Waals surface area contributed by atoms with Crippen LogP contribution < -0.4 is 4.90 Å². The molecule has 0 aliphatic carbocycles. The second-order valence-electron chi connectivity index (χ2n) is 8.26. The Morgan fingerprint density at radius 1 is 1.14 bits per heavy atom. The monoisotopic (exact) mass is 402 g/mol. The van der Waals surface area contributed by atoms with Crippen LogP contribution in [0, 0.1) is 5.92 Å². The van der Waals surface area contributed by atoms with E-state index in [-0.39, 0.29) is 6.61 Å². The van der Waals surface area contributed by atoms with Gasteiger partial charge in [0, 0.05) is 74.2 Å². The summed E-state index contributed by atoms with van der Waals surface area (Å²) < 4.78 is 0. The van der Waals surface area contributed by atoms with Gasteiger partial charge in [-0.05, 0) is 56.5 Å². The number of pyridine rings is 1. The Balaban J connectivity index is 1.56. The number of hydrogen-bond donors (Lipinski definition) is 1. The number of aliphatic hydroxyl groups is 1. The molecule has 6 heteroatoms. The number of nitrogens with zero attached hydrogens (tertiary/aromatic N) is 4. The summed E-state index contributed by atoms with van der Waals surface area (Å²) in [5.41, 5.74) is 2.23. The minimum atomic E-state index is 0.278. The van der Waals surface area contributed by atoms with Gasteiger partial charge in [0.1, 0.15) is 0 Å². The number of anilines is 1. The number of halogens is 1. The summed E-state index contributed by atoms with van der Waals surface area (Å²) in [6.45, 7) is 6.98. The summed E-state index contributed by atoms with van der Waals surface area (Å²) in [6, 6.07) is 8.69. The predicted octanol–water partition coefficient (Wildman–Crippen LogP) is 3.10. The number of piperidine rings is 1. The van der Waals surface area contributed by atoms with Crippen molar-refractivity contribution in [2.75, 3.05) is 57.8 Å². The van der Waals surface area contributed by atoms with Gasteiger partial charge in [-0.3, -0.25) is 9.88 Å². The first-order valence-electron chi connectivity index (χ1n) is 10.5. The highest BCUT2D eigenvalue weighted by atomic mass is 35.5. The zero-order chi connectivity index (χ0) is 19.5. The van der Waals surface area contributed by atoms with E-state index in [1.165, 1.54) is 12.1 Å². The molecule has 0 bridgehead atoms. The van der Waals surface area contributed by atoms with E-state index in [1.54, 1.807) is 0 Å². The first kappa shape index (κ1) is 19.9. The smallest absolute Gasteiger partial charge is 0.0723 e. The van der Waals surface area contributed by atoms with Crippen LogP contribution >= 0.6 is 11.6 Å². The van der Waals surface area contributed by atoms with Gasteiger partial charge < -0.3 is 14.9 Å². The van der Waals surface area contributed by atoms with E-state index < -0.39 is 0 Å². The third-order valence-electron chi connectivity index (χ3n) is 6.46. The lowest BCUT2D eigenvalue weighted by Gasteiger charge is -2.47. The SMILES string of the molecule is CN1CCN([C@H]2CCN(c3ccnc4ccc(Cl)cc34)C[C@H]2CCCO)CC1. The second kappa shape index (κ2) is 8.95. The third-order valence-corrected chi connectivity index (χ3v) is 6.69. The van der Waals surface area contributed by atoms with E-state index in [0.717, 1.165) is 68.0 Å². The van der Waals surface area contributed by atoms with Crippen molar-refractivity contribution < 1.29 is 5.11 Å². The molecule has 28 heavy (non-hydrogen) atoms. The first-order chi connectivity index (χ1) is 13.7. The fraction of sp³-hybridized carbons (Fsp3) is 0.591. The summed E-state index contributed by atoms with van der Waals surface area (Å²) in [4.78, 5) is 12.1. The summed E-state index contributed by atoms with van der Waals surface area (Å²) in [5.74, 6) is 0.576. The van der Waals surface area contributed by atoms with Crippen molar-refractivity contribution in [1.29, 1.82) is 0 Å². The van der Waals surface area contributed by atoms with Crippen molar-refractivity contribution in [1.82, 2.24) is 14.8 Å². The van der Waals surface area contributed by atoms with Gasteiger partial charge in [-0.15, -0.1) is 0 Å². The van der Waals surface area contributed by atoms with Crippen molar-refractivity contribution >= 4 is 28.2 Å². The number of aliphatic hydroxyl groups excluding tert-OH is 1. The van der Waals surface area contributed by atoms with Crippen LogP contribution in [-0.4, -0.2) is 78.9 Å². The van der Waals surface area contributed by atoms with Crippen LogP contribution in [0.3, 0.4) is 0 Å². The average molecular weight is 403 g/mol. The fourth-order valence-electron chi connectivity index (χ4n) is 4.89. The van der Waals surface area contributed by atoms with E-state index >= 15 is 0 Å². The minimum Gasteiger partial charge on any atom is -0.396 e. The van der Waals surface area contributed by atoms with Crippen molar-refractivity contribution in [3.05, 3.63) is 35.5 Å². The van der Waals surface area contributed by atoms with Crippen LogP contribution in [0.5, 0.6) is 0 Å². The van der Waals surface area contributed by atoms with Gasteiger partial charge >= 0.3 is 0 Å². The molecule has 0 saturated carbocycles. The van der Waals surface area contributed by atoms with E-state index in [0.29, 0.717) is 12.0 Å². The molecule has 5 nitrogen and oxygen atoms in total. The van der Waals surface area contributed by atoms with Crippen molar-refractivity contribution in [3.8, 4) is 0 Å². The molecule has 0 radical (unpaired) electrons. The number of benzene rings is 1. The van der Waals surface area contributed by atoms with Crippen LogP contribution in [0.1, 0.15) is 19.3 Å². The number of piperazine rings is 1. The normalized spacial score (nSPS) is 24.8. The van der Waals surface area contributed by atoms with Gasteiger partial charge in [0.2, 0.25) is 0 Å². The van der Waals surface area contributed by atoms with E-state index in [9.17, 15) is 5.11 Å². The molecule has 1 aromatic heterocycles. The first-order valence-corrected chi connectivity index (χ1v) is 10.9. The summed E-state index contributed by atoms with van der Waals surface area (Å²) in [6.07, 6.45) is 5.03. The average Bonchev–Trinajstić information content (AvgIpc) is 2.72. The number of rotatable bonds is 5. The minimum absolute atomic E-state index is 0.278. The van der Waals surface area contributed by atoms with Crippen molar-refractivity contribution in [2.45, 2.75) is 25.3 Å². The Labute approximate surface area is 172 Å². The molecule has 0 unspecified atom stereocenters. The third kappa shape index (κ3) is 4.28. The maximum atomic E-state index is 9.43.